The molecular formula is C18H24N2O4. The van der Waals surface area contributed by atoms with Crippen molar-refractivity contribution in [2.24, 2.45) is 11.8 Å². The quantitative estimate of drug-likeness (QED) is 0.832. The van der Waals surface area contributed by atoms with Gasteiger partial charge in [0.1, 0.15) is 6.04 Å². The summed E-state index contributed by atoms with van der Waals surface area (Å²) in [7, 11) is 0. The highest BCUT2D eigenvalue weighted by Gasteiger charge is 2.38. The Bertz CT molecular complexity index is 615. The fraction of sp³-hybridized carbons (Fsp3) is 0.500. The first kappa shape index (κ1) is 18.0. The summed E-state index contributed by atoms with van der Waals surface area (Å²) >= 11 is 0. The van der Waals surface area contributed by atoms with Crippen LogP contribution < -0.4 is 5.32 Å². The number of amides is 2. The van der Waals surface area contributed by atoms with E-state index in [0.29, 0.717) is 6.54 Å². The van der Waals surface area contributed by atoms with Crippen molar-refractivity contribution in [3.8, 4) is 0 Å². The van der Waals surface area contributed by atoms with Gasteiger partial charge in [-0.3, -0.25) is 9.59 Å². The van der Waals surface area contributed by atoms with Crippen LogP contribution in [-0.4, -0.2) is 40.4 Å². The summed E-state index contributed by atoms with van der Waals surface area (Å²) in [6, 6.07) is 8.59. The van der Waals surface area contributed by atoms with Gasteiger partial charge in [0.25, 0.3) is 0 Å². The van der Waals surface area contributed by atoms with Crippen LogP contribution in [0.25, 0.3) is 0 Å². The molecule has 2 N–H and O–H groups in total. The summed E-state index contributed by atoms with van der Waals surface area (Å²) in [6.07, 6.45) is 0.118. The van der Waals surface area contributed by atoms with Crippen molar-refractivity contribution in [2.45, 2.75) is 39.3 Å². The molecule has 0 aliphatic carbocycles. The van der Waals surface area contributed by atoms with Crippen LogP contribution in [0.3, 0.4) is 0 Å². The number of hydrogen-bond donors (Lipinski definition) is 2. The molecule has 0 aromatic heterocycles. The summed E-state index contributed by atoms with van der Waals surface area (Å²) in [5.41, 5.74) is 1.01. The summed E-state index contributed by atoms with van der Waals surface area (Å²) < 4.78 is 0. The molecule has 130 valence electrons. The molecule has 0 radical (unpaired) electrons. The van der Waals surface area contributed by atoms with Gasteiger partial charge in [-0.2, -0.15) is 0 Å². The van der Waals surface area contributed by atoms with E-state index in [1.165, 1.54) is 0 Å². The minimum atomic E-state index is -1.06. The Hall–Kier alpha value is -2.37. The van der Waals surface area contributed by atoms with Crippen LogP contribution in [-0.2, 0) is 14.4 Å². The molecule has 3 unspecified atom stereocenters. The second-order valence-electron chi connectivity index (χ2n) is 6.60. The number of nitrogens with zero attached hydrogens (tertiary/aromatic N) is 1. The van der Waals surface area contributed by atoms with Gasteiger partial charge in [-0.25, -0.2) is 4.79 Å². The topological polar surface area (TPSA) is 86.7 Å². The van der Waals surface area contributed by atoms with Gasteiger partial charge >= 0.3 is 5.97 Å². The third-order valence-electron chi connectivity index (χ3n) is 4.51. The third kappa shape index (κ3) is 3.93. The predicted molar refractivity (Wildman–Crippen MR) is 89.1 cm³/mol. The number of nitrogens with one attached hydrogen (secondary N) is 1. The minimum Gasteiger partial charge on any atom is -0.480 e. The predicted octanol–water partition coefficient (Wildman–Crippen LogP) is 1.82. The number of rotatable bonds is 6. The van der Waals surface area contributed by atoms with Crippen molar-refractivity contribution in [1.82, 2.24) is 10.2 Å². The van der Waals surface area contributed by atoms with Crippen molar-refractivity contribution in [2.75, 3.05) is 6.54 Å². The molecule has 3 atom stereocenters. The molecule has 1 heterocycles. The fourth-order valence-electron chi connectivity index (χ4n) is 2.98. The van der Waals surface area contributed by atoms with Gasteiger partial charge in [0.2, 0.25) is 11.8 Å². The van der Waals surface area contributed by atoms with Gasteiger partial charge in [0.05, 0.1) is 12.0 Å². The lowest BCUT2D eigenvalue weighted by atomic mass is 10.0. The number of carboxylic acids is 1. The maximum atomic E-state index is 12.4. The van der Waals surface area contributed by atoms with Crippen LogP contribution in [0.15, 0.2) is 30.3 Å². The summed E-state index contributed by atoms with van der Waals surface area (Å²) in [5, 5.41) is 11.7. The van der Waals surface area contributed by atoms with Crippen molar-refractivity contribution >= 4 is 17.8 Å². The van der Waals surface area contributed by atoms with Crippen molar-refractivity contribution in [1.29, 1.82) is 0 Å². The third-order valence-corrected chi connectivity index (χ3v) is 4.51. The summed E-state index contributed by atoms with van der Waals surface area (Å²) in [6.45, 7) is 5.72. The molecule has 1 aromatic carbocycles. The molecule has 24 heavy (non-hydrogen) atoms. The first-order valence-corrected chi connectivity index (χ1v) is 8.18. The SMILES string of the molecule is CC(C)C(NC(=O)C1CC(=O)N(C(C)c2ccccc2)C1)C(=O)O. The summed E-state index contributed by atoms with van der Waals surface area (Å²) in [5.74, 6) is -2.24. The van der Waals surface area contributed by atoms with Gasteiger partial charge in [0, 0.05) is 13.0 Å². The highest BCUT2D eigenvalue weighted by Crippen LogP contribution is 2.28. The van der Waals surface area contributed by atoms with Crippen molar-refractivity contribution in [3.63, 3.8) is 0 Å². The van der Waals surface area contributed by atoms with Crippen LogP contribution in [0.4, 0.5) is 0 Å². The smallest absolute Gasteiger partial charge is 0.326 e. The number of aliphatic carboxylic acids is 1. The molecule has 6 nitrogen and oxygen atoms in total. The lowest BCUT2D eigenvalue weighted by molar-refractivity contribution is -0.143. The fourth-order valence-corrected chi connectivity index (χ4v) is 2.98. The number of likely N-dealkylation sites (tertiary alicyclic amines) is 1. The molecular weight excluding hydrogens is 308 g/mol. The van der Waals surface area contributed by atoms with Crippen LogP contribution in [0.1, 0.15) is 38.8 Å². The molecule has 1 aliphatic rings. The van der Waals surface area contributed by atoms with E-state index >= 15 is 0 Å². The Labute approximate surface area is 141 Å². The average Bonchev–Trinajstić information content (AvgIpc) is 2.93. The lowest BCUT2D eigenvalue weighted by Gasteiger charge is -2.25. The van der Waals surface area contributed by atoms with Gasteiger partial charge < -0.3 is 15.3 Å². The van der Waals surface area contributed by atoms with Crippen LogP contribution in [0.2, 0.25) is 0 Å². The number of carboxylic acid groups (broad SMARTS) is 1. The average molecular weight is 332 g/mol. The number of benzene rings is 1. The van der Waals surface area contributed by atoms with E-state index in [9.17, 15) is 19.5 Å². The van der Waals surface area contributed by atoms with Crippen LogP contribution in [0.5, 0.6) is 0 Å². The second kappa shape index (κ2) is 7.47. The monoisotopic (exact) mass is 332 g/mol. The maximum Gasteiger partial charge on any atom is 0.326 e. The molecule has 0 bridgehead atoms. The van der Waals surface area contributed by atoms with E-state index in [1.807, 2.05) is 37.3 Å². The molecule has 0 saturated carbocycles. The Kier molecular flexibility index (Phi) is 5.59. The maximum absolute atomic E-state index is 12.4. The number of carbonyl (C=O) groups excluding carboxylic acids is 2. The Morgan fingerprint density at radius 2 is 1.83 bits per heavy atom. The van der Waals surface area contributed by atoms with E-state index in [-0.39, 0.29) is 30.2 Å². The molecule has 1 aliphatic heterocycles. The molecule has 1 aromatic rings. The van der Waals surface area contributed by atoms with Crippen LogP contribution >= 0.6 is 0 Å². The zero-order valence-corrected chi connectivity index (χ0v) is 14.2. The molecule has 6 heteroatoms. The Morgan fingerprint density at radius 1 is 1.21 bits per heavy atom. The van der Waals surface area contributed by atoms with Crippen molar-refractivity contribution in [3.05, 3.63) is 35.9 Å². The van der Waals surface area contributed by atoms with Gasteiger partial charge in [-0.05, 0) is 18.4 Å². The normalized spacial score (nSPS) is 20.1. The van der Waals surface area contributed by atoms with E-state index in [0.717, 1.165) is 5.56 Å². The first-order chi connectivity index (χ1) is 11.3. The largest absolute Gasteiger partial charge is 0.480 e. The molecule has 2 rings (SSSR count). The molecule has 1 saturated heterocycles. The first-order valence-electron chi connectivity index (χ1n) is 8.18. The van der Waals surface area contributed by atoms with Crippen LogP contribution in [0, 0.1) is 11.8 Å². The number of carbonyl (C=O) groups is 3. The van der Waals surface area contributed by atoms with E-state index in [1.54, 1.807) is 18.7 Å². The van der Waals surface area contributed by atoms with Crippen molar-refractivity contribution < 1.29 is 19.5 Å². The Morgan fingerprint density at radius 3 is 2.38 bits per heavy atom. The molecule has 1 fully saturated rings. The molecule has 2 amide bonds. The zero-order chi connectivity index (χ0) is 17.9. The minimum absolute atomic E-state index is 0.0806. The van der Waals surface area contributed by atoms with Gasteiger partial charge in [-0.15, -0.1) is 0 Å². The lowest BCUT2D eigenvalue weighted by Crippen LogP contribution is -2.47. The highest BCUT2D eigenvalue weighted by atomic mass is 16.4. The zero-order valence-electron chi connectivity index (χ0n) is 14.2. The Balaban J connectivity index is 2.03. The standard InChI is InChI=1S/C18H24N2O4/c1-11(2)16(18(23)24)19-17(22)14-9-15(21)20(10-14)12(3)13-7-5-4-6-8-13/h4-8,11-12,14,16H,9-10H2,1-3H3,(H,19,22)(H,23,24). The number of hydrogen-bond acceptors (Lipinski definition) is 3. The summed E-state index contributed by atoms with van der Waals surface area (Å²) in [4.78, 5) is 37.6. The second-order valence-corrected chi connectivity index (χ2v) is 6.60. The highest BCUT2D eigenvalue weighted by molar-refractivity contribution is 5.91. The van der Waals surface area contributed by atoms with Gasteiger partial charge in [-0.1, -0.05) is 44.2 Å². The molecule has 0 spiro atoms. The van der Waals surface area contributed by atoms with Gasteiger partial charge in [0.15, 0.2) is 0 Å². The van der Waals surface area contributed by atoms with E-state index in [4.69, 9.17) is 0 Å². The van der Waals surface area contributed by atoms with E-state index < -0.39 is 17.9 Å². The van der Waals surface area contributed by atoms with E-state index in [2.05, 4.69) is 5.32 Å².